The van der Waals surface area contributed by atoms with Crippen molar-refractivity contribution in [3.8, 4) is 0 Å². The monoisotopic (exact) mass is 947 g/mol. The fourth-order valence-electron chi connectivity index (χ4n) is 5.66. The molecule has 13 N–H and O–H groups in total. The number of pyridine rings is 6. The van der Waals surface area contributed by atoms with Crippen molar-refractivity contribution in [1.82, 2.24) is 29.9 Å². The van der Waals surface area contributed by atoms with Crippen LogP contribution in [0.3, 0.4) is 0 Å². The minimum absolute atomic E-state index is 0. The number of nitrogens with two attached hydrogens (primary N) is 1. The Bertz CT molecular complexity index is 2620. The van der Waals surface area contributed by atoms with Gasteiger partial charge in [0.05, 0.1) is 48.8 Å². The number of carbonyl (C=O) groups is 1. The first-order valence-corrected chi connectivity index (χ1v) is 17.5. The Morgan fingerprint density at radius 2 is 0.576 bits per heavy atom. The van der Waals surface area contributed by atoms with E-state index in [1.165, 1.54) is 12.1 Å². The Kier molecular flexibility index (Phi) is 26.6. The first-order valence-electron chi connectivity index (χ1n) is 17.5. The molecule has 0 unspecified atom stereocenters. The molecule has 0 saturated carbocycles. The van der Waals surface area contributed by atoms with Gasteiger partial charge in [-0.15, -0.1) is 0 Å². The van der Waals surface area contributed by atoms with Crippen LogP contribution in [-0.2, 0) is 17.1 Å². The van der Waals surface area contributed by atoms with Crippen molar-refractivity contribution < 1.29 is 64.5 Å². The Hall–Kier alpha value is -8.67. The number of carboxylic acids is 1. The molecule has 0 bridgehead atoms. The molecule has 23 heteroatoms. The number of anilines is 1. The van der Waals surface area contributed by atoms with Crippen LogP contribution in [0, 0.1) is 30.6 Å². The van der Waals surface area contributed by atoms with E-state index in [1.807, 2.05) is 36.4 Å². The molecular formula is C43H41FeN9O13. The molecule has 0 spiro atoms. The zero-order chi connectivity index (χ0) is 42.9. The molecule has 0 fully saturated rings. The molecule has 10 rings (SSSR count). The molecule has 0 radical (unpaired) electrons. The van der Waals surface area contributed by atoms with E-state index in [-0.39, 0.29) is 50.0 Å². The molecular weight excluding hydrogens is 906 g/mol. The van der Waals surface area contributed by atoms with Crippen molar-refractivity contribution in [2.75, 3.05) is 5.73 Å². The van der Waals surface area contributed by atoms with Crippen LogP contribution in [0.25, 0.3) is 65.4 Å². The third-order valence-corrected chi connectivity index (χ3v) is 8.19. The average molecular weight is 948 g/mol. The second-order valence-corrected chi connectivity index (χ2v) is 12.0. The van der Waals surface area contributed by atoms with Gasteiger partial charge in [0, 0.05) is 75.2 Å². The number of aromatic carboxylic acids is 1. The predicted octanol–water partition coefficient (Wildman–Crippen LogP) is 4.71. The Labute approximate surface area is 383 Å². The summed E-state index contributed by atoms with van der Waals surface area (Å²) in [6, 6.07) is 42.5. The van der Waals surface area contributed by atoms with E-state index < -0.39 is 16.1 Å². The van der Waals surface area contributed by atoms with Gasteiger partial charge in [-0.05, 0) is 60.7 Å². The Morgan fingerprint density at radius 1 is 0.394 bits per heavy atom. The van der Waals surface area contributed by atoms with Gasteiger partial charge in [-0.3, -0.25) is 29.9 Å². The van der Waals surface area contributed by atoms with Gasteiger partial charge in [-0.1, -0.05) is 72.8 Å². The third kappa shape index (κ3) is 16.9. The summed E-state index contributed by atoms with van der Waals surface area (Å²) in [6.45, 7) is 0. The van der Waals surface area contributed by atoms with E-state index >= 15 is 0 Å². The zero-order valence-corrected chi connectivity index (χ0v) is 35.1. The maximum atomic E-state index is 10.3. The first-order chi connectivity index (χ1) is 29.0. The maximum Gasteiger partial charge on any atom is 2.00 e. The van der Waals surface area contributed by atoms with Crippen LogP contribution in [0.1, 0.15) is 10.4 Å². The van der Waals surface area contributed by atoms with Crippen LogP contribution >= 0.6 is 0 Å². The van der Waals surface area contributed by atoms with Gasteiger partial charge in [-0.2, -0.15) is 0 Å². The quantitative estimate of drug-likeness (QED) is 0.0739. The summed E-state index contributed by atoms with van der Waals surface area (Å²) in [5, 5.41) is 44.8. The minimum atomic E-state index is -1.75. The molecule has 0 saturated heterocycles. The van der Waals surface area contributed by atoms with Crippen molar-refractivity contribution in [3.05, 3.63) is 207 Å². The van der Waals surface area contributed by atoms with Gasteiger partial charge in [0.2, 0.25) is 0 Å². The summed E-state index contributed by atoms with van der Waals surface area (Å²) in [5.41, 5.74) is 12.0. The van der Waals surface area contributed by atoms with E-state index in [1.54, 1.807) is 49.3 Å². The molecule has 10 aromatic rings. The Balaban J connectivity index is 0. The summed E-state index contributed by atoms with van der Waals surface area (Å²) >= 11 is 0. The third-order valence-electron chi connectivity index (χ3n) is 8.19. The number of nitrogen functional groups attached to an aromatic ring is 1. The van der Waals surface area contributed by atoms with Crippen molar-refractivity contribution in [3.63, 3.8) is 0 Å². The van der Waals surface area contributed by atoms with E-state index in [0.29, 0.717) is 5.69 Å². The van der Waals surface area contributed by atoms with E-state index in [0.717, 1.165) is 65.4 Å². The van der Waals surface area contributed by atoms with Crippen LogP contribution in [0.15, 0.2) is 171 Å². The number of fused-ring (bicyclic) bond motifs is 9. The summed E-state index contributed by atoms with van der Waals surface area (Å²) < 4.78 is 0. The average Bonchev–Trinajstić information content (AvgIpc) is 3.27. The first kappa shape index (κ1) is 59.4. The molecule has 0 aliphatic heterocycles. The van der Waals surface area contributed by atoms with Crippen LogP contribution in [0.5, 0.6) is 0 Å². The number of carboxylic acid groups (broad SMARTS) is 1. The zero-order valence-electron chi connectivity index (χ0n) is 34.0. The number of benzene rings is 4. The molecule has 4 aromatic carbocycles. The van der Waals surface area contributed by atoms with Crippen LogP contribution < -0.4 is 5.73 Å². The largest absolute Gasteiger partial charge is 2.00 e. The van der Waals surface area contributed by atoms with Crippen molar-refractivity contribution >= 4 is 77.1 Å². The molecule has 6 aromatic heterocycles. The molecule has 66 heavy (non-hydrogen) atoms. The second-order valence-electron chi connectivity index (χ2n) is 12.0. The van der Waals surface area contributed by atoms with Gasteiger partial charge >= 0.3 is 23.0 Å². The van der Waals surface area contributed by atoms with Gasteiger partial charge in [0.1, 0.15) is 0 Å². The topological polar surface area (TPSA) is 431 Å². The van der Waals surface area contributed by atoms with Gasteiger partial charge in [0.15, 0.2) is 0 Å². The van der Waals surface area contributed by atoms with E-state index in [2.05, 4.69) is 103 Å². The molecule has 6 heterocycles. The van der Waals surface area contributed by atoms with Gasteiger partial charge in [-0.25, -0.2) is 4.79 Å². The van der Waals surface area contributed by atoms with Crippen molar-refractivity contribution in [2.24, 2.45) is 0 Å². The number of aromatic nitrogens is 6. The van der Waals surface area contributed by atoms with Gasteiger partial charge < -0.3 is 68.9 Å². The van der Waals surface area contributed by atoms with E-state index in [9.17, 15) is 4.79 Å². The number of hydrogen-bond donors (Lipinski definition) is 2. The number of rotatable bonds is 1. The van der Waals surface area contributed by atoms with Crippen LogP contribution in [0.2, 0.25) is 0 Å². The SMILES string of the molecule is Nc1ccc(C(=O)O)cc1.O.O.O.O.O.O=[N+]([O-])[O-].O=[N+]([O-])[O-].[Fe+2].c1cnc2c(c1)ccc1cccnc12.c1cnc2c(c1)ccc1cccnc12.c1cnc2c(c1)ccc1cccnc12. The molecule has 0 amide bonds. The standard InChI is InChI=1S/3C12H8N2.C7H7NO2.Fe.2NO3.5H2O/c3*1-3-9-5-6-10-4-2-8-14-12(10)11(9)13-7-1;8-6-3-1-5(2-4-6)7(9)10;;2*2-1(3)4;;;;;/h3*1-8H;1-4H,8H2,(H,9,10);;;;5*1H2/q;;;;+2;2*-1;;;;;. The second kappa shape index (κ2) is 29.6. The van der Waals surface area contributed by atoms with Crippen LogP contribution in [0.4, 0.5) is 5.69 Å². The minimum Gasteiger partial charge on any atom is -0.478 e. The van der Waals surface area contributed by atoms with Gasteiger partial charge in [0.25, 0.3) is 0 Å². The van der Waals surface area contributed by atoms with E-state index in [4.69, 9.17) is 41.5 Å². The van der Waals surface area contributed by atoms with Crippen LogP contribution in [-0.4, -0.2) is 78.5 Å². The molecule has 0 aliphatic carbocycles. The smallest absolute Gasteiger partial charge is 0.478 e. The fraction of sp³-hybridized carbons (Fsp3) is 0. The van der Waals surface area contributed by atoms with Crippen molar-refractivity contribution in [2.45, 2.75) is 0 Å². The fourth-order valence-corrected chi connectivity index (χ4v) is 5.66. The Morgan fingerprint density at radius 3 is 0.742 bits per heavy atom. The van der Waals surface area contributed by atoms with Crippen molar-refractivity contribution in [1.29, 1.82) is 0 Å². The molecule has 22 nitrogen and oxygen atoms in total. The normalized spacial score (nSPS) is 9.03. The summed E-state index contributed by atoms with van der Waals surface area (Å²) in [6.07, 6.45) is 10.8. The number of nitrogens with zero attached hydrogens (tertiary/aromatic N) is 8. The maximum absolute atomic E-state index is 10.3. The summed E-state index contributed by atoms with van der Waals surface area (Å²) in [5.74, 6) is -0.931. The molecule has 0 atom stereocenters. The summed E-state index contributed by atoms with van der Waals surface area (Å²) in [7, 11) is 0. The number of hydrogen-bond acceptors (Lipinski definition) is 14. The predicted molar refractivity (Wildman–Crippen MR) is 248 cm³/mol. The summed E-state index contributed by atoms with van der Waals surface area (Å²) in [4.78, 5) is 52.9. The molecule has 344 valence electrons. The molecule has 0 aliphatic rings.